The maximum atomic E-state index is 12.6. The number of anilines is 1. The van der Waals surface area contributed by atoms with Crippen molar-refractivity contribution >= 4 is 17.6 Å². The van der Waals surface area contributed by atoms with Crippen LogP contribution >= 0.6 is 0 Å². The third-order valence-electron chi connectivity index (χ3n) is 5.63. The summed E-state index contributed by atoms with van der Waals surface area (Å²) in [5.74, 6) is 1.15. The Labute approximate surface area is 175 Å². The van der Waals surface area contributed by atoms with E-state index in [1.54, 1.807) is 24.3 Å². The fourth-order valence-corrected chi connectivity index (χ4v) is 4.14. The van der Waals surface area contributed by atoms with Crippen LogP contribution in [-0.4, -0.2) is 45.3 Å². The van der Waals surface area contributed by atoms with Crippen LogP contribution in [0.3, 0.4) is 0 Å². The molecule has 1 amide bonds. The zero-order chi connectivity index (χ0) is 20.9. The summed E-state index contributed by atoms with van der Waals surface area (Å²) in [6.45, 7) is 2.68. The Bertz CT molecular complexity index is 912. The molecule has 1 saturated heterocycles. The average molecular weight is 411 g/mol. The lowest BCUT2D eigenvalue weighted by atomic mass is 10.0. The van der Waals surface area contributed by atoms with Gasteiger partial charge in [0.05, 0.1) is 32.4 Å². The summed E-state index contributed by atoms with van der Waals surface area (Å²) in [6, 6.07) is 13.1. The number of esters is 1. The van der Waals surface area contributed by atoms with Gasteiger partial charge >= 0.3 is 5.97 Å². The number of hydrogen-bond acceptors (Lipinski definition) is 5. The molecule has 2 aliphatic heterocycles. The van der Waals surface area contributed by atoms with Gasteiger partial charge in [0, 0.05) is 30.5 Å². The van der Waals surface area contributed by atoms with Gasteiger partial charge < -0.3 is 24.4 Å². The number of amides is 1. The van der Waals surface area contributed by atoms with Crippen LogP contribution in [0.5, 0.6) is 11.5 Å². The van der Waals surface area contributed by atoms with Crippen LogP contribution in [0.15, 0.2) is 42.5 Å². The first-order valence-corrected chi connectivity index (χ1v) is 10.4. The van der Waals surface area contributed by atoms with E-state index in [4.69, 9.17) is 14.2 Å². The second-order valence-electron chi connectivity index (χ2n) is 7.65. The number of quaternary nitrogens is 1. The van der Waals surface area contributed by atoms with Crippen LogP contribution in [-0.2, 0) is 9.53 Å². The van der Waals surface area contributed by atoms with Gasteiger partial charge in [0.25, 0.3) is 5.91 Å². The quantitative estimate of drug-likeness (QED) is 0.736. The Hall–Kier alpha value is -3.06. The van der Waals surface area contributed by atoms with E-state index < -0.39 is 5.97 Å². The van der Waals surface area contributed by atoms with E-state index in [0.29, 0.717) is 31.0 Å². The molecule has 0 aliphatic carbocycles. The molecule has 30 heavy (non-hydrogen) atoms. The standard InChI is InChI=1S/C23H26N2O5/c1-28-23(27)16-5-8-18(9-6-16)24-22(26)15-25-11-2-4-19(25)17-7-10-20-21(14-17)30-13-3-12-29-20/h5-10,14,19H,2-4,11-13,15H2,1H3,(H,24,26)/p+1/t19-/m0/s1. The Kier molecular flexibility index (Phi) is 6.18. The molecule has 0 saturated carbocycles. The van der Waals surface area contributed by atoms with Gasteiger partial charge in [-0.3, -0.25) is 4.79 Å². The fourth-order valence-electron chi connectivity index (χ4n) is 4.14. The Morgan fingerprint density at radius 3 is 2.60 bits per heavy atom. The summed E-state index contributed by atoms with van der Waals surface area (Å²) in [7, 11) is 1.34. The number of methoxy groups -OCH3 is 1. The lowest BCUT2D eigenvalue weighted by Gasteiger charge is -2.22. The van der Waals surface area contributed by atoms with Crippen molar-refractivity contribution in [3.63, 3.8) is 0 Å². The van der Waals surface area contributed by atoms with Gasteiger partial charge in [-0.2, -0.15) is 0 Å². The highest BCUT2D eigenvalue weighted by Crippen LogP contribution is 2.33. The Morgan fingerprint density at radius 1 is 1.07 bits per heavy atom. The topological polar surface area (TPSA) is 78.3 Å². The second kappa shape index (κ2) is 9.17. The smallest absolute Gasteiger partial charge is 0.337 e. The van der Waals surface area contributed by atoms with Crippen LogP contribution < -0.4 is 19.7 Å². The number of fused-ring (bicyclic) bond motifs is 1. The van der Waals surface area contributed by atoms with E-state index in [0.717, 1.165) is 37.3 Å². The lowest BCUT2D eigenvalue weighted by molar-refractivity contribution is -0.910. The highest BCUT2D eigenvalue weighted by atomic mass is 16.5. The fraction of sp³-hybridized carbons (Fsp3) is 0.391. The normalized spacial score (nSPS) is 20.3. The molecule has 2 aliphatic rings. The summed E-state index contributed by atoms with van der Waals surface area (Å²) in [5.41, 5.74) is 2.30. The van der Waals surface area contributed by atoms with E-state index in [9.17, 15) is 9.59 Å². The van der Waals surface area contributed by atoms with Gasteiger partial charge in [0.15, 0.2) is 18.0 Å². The number of ether oxygens (including phenoxy) is 3. The molecule has 1 fully saturated rings. The van der Waals surface area contributed by atoms with Crippen molar-refractivity contribution in [1.82, 2.24) is 0 Å². The summed E-state index contributed by atoms with van der Waals surface area (Å²) in [5, 5.41) is 2.93. The van der Waals surface area contributed by atoms with Crippen LogP contribution in [0.25, 0.3) is 0 Å². The van der Waals surface area contributed by atoms with Crippen molar-refractivity contribution in [1.29, 1.82) is 0 Å². The molecule has 7 nitrogen and oxygen atoms in total. The summed E-state index contributed by atoms with van der Waals surface area (Å²) >= 11 is 0. The van der Waals surface area contributed by atoms with Gasteiger partial charge in [-0.1, -0.05) is 0 Å². The van der Waals surface area contributed by atoms with Gasteiger partial charge in [0.2, 0.25) is 0 Å². The predicted molar refractivity (Wildman–Crippen MR) is 111 cm³/mol. The minimum Gasteiger partial charge on any atom is -0.490 e. The van der Waals surface area contributed by atoms with E-state index in [-0.39, 0.29) is 11.9 Å². The van der Waals surface area contributed by atoms with E-state index >= 15 is 0 Å². The molecule has 0 spiro atoms. The minimum absolute atomic E-state index is 0.0444. The number of carbonyl (C=O) groups is 2. The minimum atomic E-state index is -0.396. The number of hydrogen-bond donors (Lipinski definition) is 2. The average Bonchev–Trinajstić information content (AvgIpc) is 3.08. The van der Waals surface area contributed by atoms with Gasteiger partial charge in [-0.05, 0) is 42.5 Å². The SMILES string of the molecule is COC(=O)c1ccc(NC(=O)C[NH+]2CCC[C@H]2c2ccc3c(c2)OCCCO3)cc1. The highest BCUT2D eigenvalue weighted by Gasteiger charge is 2.32. The highest BCUT2D eigenvalue weighted by molar-refractivity contribution is 5.93. The first-order chi connectivity index (χ1) is 14.6. The Morgan fingerprint density at radius 2 is 1.83 bits per heavy atom. The summed E-state index contributed by atoms with van der Waals surface area (Å²) in [4.78, 5) is 25.4. The molecule has 158 valence electrons. The molecule has 2 atom stereocenters. The van der Waals surface area contributed by atoms with Crippen LogP contribution in [0.2, 0.25) is 0 Å². The van der Waals surface area contributed by atoms with E-state index in [1.165, 1.54) is 17.6 Å². The Balaban J connectivity index is 1.40. The zero-order valence-electron chi connectivity index (χ0n) is 17.1. The molecule has 4 rings (SSSR count). The van der Waals surface area contributed by atoms with Crippen molar-refractivity contribution < 1.29 is 28.7 Å². The largest absolute Gasteiger partial charge is 0.490 e. The number of nitrogens with one attached hydrogen (secondary N) is 2. The van der Waals surface area contributed by atoms with Crippen LogP contribution in [0.4, 0.5) is 5.69 Å². The molecule has 7 heteroatoms. The molecule has 2 N–H and O–H groups in total. The van der Waals surface area contributed by atoms with Crippen molar-refractivity contribution in [2.24, 2.45) is 0 Å². The molecule has 2 heterocycles. The predicted octanol–water partition coefficient (Wildman–Crippen LogP) is 1.99. The molecule has 0 aromatic heterocycles. The molecule has 0 radical (unpaired) electrons. The maximum absolute atomic E-state index is 12.6. The molecule has 0 bridgehead atoms. The maximum Gasteiger partial charge on any atom is 0.337 e. The molecule has 2 aromatic carbocycles. The zero-order valence-corrected chi connectivity index (χ0v) is 17.1. The third-order valence-corrected chi connectivity index (χ3v) is 5.63. The van der Waals surface area contributed by atoms with Crippen LogP contribution in [0.1, 0.15) is 41.2 Å². The van der Waals surface area contributed by atoms with Gasteiger partial charge in [0.1, 0.15) is 6.04 Å². The summed E-state index contributed by atoms with van der Waals surface area (Å²) in [6.07, 6.45) is 3.00. The third kappa shape index (κ3) is 4.57. The van der Waals surface area contributed by atoms with Gasteiger partial charge in [-0.25, -0.2) is 4.79 Å². The molecule has 1 unspecified atom stereocenters. The molecule has 2 aromatic rings. The first kappa shape index (κ1) is 20.2. The number of rotatable bonds is 5. The van der Waals surface area contributed by atoms with Crippen molar-refractivity contribution in [2.45, 2.75) is 25.3 Å². The number of carbonyl (C=O) groups excluding carboxylic acids is 2. The second-order valence-corrected chi connectivity index (χ2v) is 7.65. The van der Waals surface area contributed by atoms with Crippen molar-refractivity contribution in [3.05, 3.63) is 53.6 Å². The molecular formula is C23H27N2O5+. The first-order valence-electron chi connectivity index (χ1n) is 10.4. The van der Waals surface area contributed by atoms with Crippen molar-refractivity contribution in [3.8, 4) is 11.5 Å². The monoisotopic (exact) mass is 411 g/mol. The lowest BCUT2D eigenvalue weighted by Crippen LogP contribution is -3.11. The van der Waals surface area contributed by atoms with Gasteiger partial charge in [-0.15, -0.1) is 0 Å². The van der Waals surface area contributed by atoms with Crippen molar-refractivity contribution in [2.75, 3.05) is 38.7 Å². The number of likely N-dealkylation sites (tertiary alicyclic amines) is 1. The summed E-state index contributed by atoms with van der Waals surface area (Å²) < 4.78 is 16.3. The van der Waals surface area contributed by atoms with Crippen LogP contribution in [0, 0.1) is 0 Å². The number of benzene rings is 2. The molecular weight excluding hydrogens is 384 g/mol. The van der Waals surface area contributed by atoms with E-state index in [2.05, 4.69) is 17.4 Å². The van der Waals surface area contributed by atoms with E-state index in [1.807, 2.05) is 6.07 Å².